The lowest BCUT2D eigenvalue weighted by atomic mass is 10.1. The zero-order valence-electron chi connectivity index (χ0n) is 15.1. The molecule has 2 aliphatic heterocycles. The maximum Gasteiger partial charge on any atom is 0.418 e. The van der Waals surface area contributed by atoms with Crippen molar-refractivity contribution >= 4 is 40.3 Å². The highest BCUT2D eigenvalue weighted by molar-refractivity contribution is 7.99. The fraction of sp³-hybridized carbons (Fsp3) is 0.250. The van der Waals surface area contributed by atoms with Gasteiger partial charge in [0.15, 0.2) is 0 Å². The molecule has 2 heterocycles. The molecule has 0 atom stereocenters. The Morgan fingerprint density at radius 3 is 2.62 bits per heavy atom. The highest BCUT2D eigenvalue weighted by Gasteiger charge is 2.35. The van der Waals surface area contributed by atoms with E-state index < -0.39 is 23.5 Å². The van der Waals surface area contributed by atoms with Gasteiger partial charge in [0.05, 0.1) is 16.8 Å². The summed E-state index contributed by atoms with van der Waals surface area (Å²) in [6.45, 7) is 1.11. The van der Waals surface area contributed by atoms with E-state index in [-0.39, 0.29) is 22.5 Å². The van der Waals surface area contributed by atoms with Crippen LogP contribution in [0.15, 0.2) is 42.6 Å². The topological polar surface area (TPSA) is 44.4 Å². The molecule has 0 aliphatic carbocycles. The summed E-state index contributed by atoms with van der Waals surface area (Å²) in [5.41, 5.74) is 0.0309. The van der Waals surface area contributed by atoms with E-state index in [9.17, 15) is 22.4 Å². The minimum absolute atomic E-state index is 0.0313. The highest BCUT2D eigenvalue weighted by Crippen LogP contribution is 2.39. The lowest BCUT2D eigenvalue weighted by molar-refractivity contribution is -0.137. The van der Waals surface area contributed by atoms with Gasteiger partial charge in [0.2, 0.25) is 0 Å². The zero-order valence-corrected chi connectivity index (χ0v) is 16.0. The Hall–Kier alpha value is -2.68. The van der Waals surface area contributed by atoms with Gasteiger partial charge in [0, 0.05) is 47.7 Å². The summed E-state index contributed by atoms with van der Waals surface area (Å²) in [6, 6.07) is 8.23. The number of anilines is 3. The molecule has 2 aromatic carbocycles. The Bertz CT molecular complexity index is 984. The van der Waals surface area contributed by atoms with Crippen molar-refractivity contribution in [1.29, 1.82) is 0 Å². The standard InChI is InChI=1S/C20H17F4N3OS/c21-15-2-1-3-16-18(15)13(19(28)26-16)11-25-12-4-5-17(14(10-12)20(22,23)24)27-6-8-29-9-7-27/h1-5,10-11,25H,6-9H2,(H,26,28)/b13-11+. The molecule has 4 rings (SSSR count). The average Bonchev–Trinajstić information content (AvgIpc) is 3.02. The van der Waals surface area contributed by atoms with Crippen molar-refractivity contribution in [3.8, 4) is 0 Å². The number of halogens is 4. The number of amides is 1. The highest BCUT2D eigenvalue weighted by atomic mass is 32.2. The Kier molecular flexibility index (Phi) is 5.16. The summed E-state index contributed by atoms with van der Waals surface area (Å²) in [5, 5.41) is 5.25. The second-order valence-electron chi connectivity index (χ2n) is 6.65. The van der Waals surface area contributed by atoms with Crippen molar-refractivity contribution < 1.29 is 22.4 Å². The molecule has 152 valence electrons. The first-order chi connectivity index (χ1) is 13.8. The molecule has 0 spiro atoms. The maximum atomic E-state index is 14.1. The average molecular weight is 423 g/mol. The fourth-order valence-electron chi connectivity index (χ4n) is 3.43. The first kappa shape index (κ1) is 19.6. The van der Waals surface area contributed by atoms with Gasteiger partial charge in [-0.2, -0.15) is 24.9 Å². The minimum atomic E-state index is -4.52. The van der Waals surface area contributed by atoms with Gasteiger partial charge < -0.3 is 15.5 Å². The van der Waals surface area contributed by atoms with E-state index in [1.54, 1.807) is 22.7 Å². The second kappa shape index (κ2) is 7.62. The number of carbonyl (C=O) groups excluding carboxylic acids is 1. The number of rotatable bonds is 3. The molecule has 1 amide bonds. The van der Waals surface area contributed by atoms with E-state index >= 15 is 0 Å². The molecular weight excluding hydrogens is 406 g/mol. The lowest BCUT2D eigenvalue weighted by Gasteiger charge is -2.31. The van der Waals surface area contributed by atoms with Crippen molar-refractivity contribution in [1.82, 2.24) is 0 Å². The van der Waals surface area contributed by atoms with Gasteiger partial charge in [-0.1, -0.05) is 6.07 Å². The quantitative estimate of drug-likeness (QED) is 0.550. The number of benzene rings is 2. The number of carbonyl (C=O) groups is 1. The van der Waals surface area contributed by atoms with Crippen LogP contribution < -0.4 is 15.5 Å². The molecule has 1 saturated heterocycles. The maximum absolute atomic E-state index is 14.1. The third kappa shape index (κ3) is 3.91. The summed E-state index contributed by atoms with van der Waals surface area (Å²) < 4.78 is 55.0. The largest absolute Gasteiger partial charge is 0.418 e. The number of alkyl halides is 3. The zero-order chi connectivity index (χ0) is 20.6. The molecule has 1 fully saturated rings. The monoisotopic (exact) mass is 423 g/mol. The Labute approximate surface area is 169 Å². The molecule has 0 unspecified atom stereocenters. The number of fused-ring (bicyclic) bond motifs is 1. The molecule has 0 saturated carbocycles. The van der Waals surface area contributed by atoms with Crippen LogP contribution in [0.25, 0.3) is 5.57 Å². The van der Waals surface area contributed by atoms with Gasteiger partial charge in [-0.25, -0.2) is 4.39 Å². The molecule has 2 aromatic rings. The number of thioether (sulfide) groups is 1. The number of nitrogens with one attached hydrogen (secondary N) is 2. The summed E-state index contributed by atoms with van der Waals surface area (Å²) in [6.07, 6.45) is -3.29. The number of hydrogen-bond acceptors (Lipinski definition) is 4. The number of nitrogens with zero attached hydrogens (tertiary/aromatic N) is 1. The van der Waals surface area contributed by atoms with Gasteiger partial charge in [0.25, 0.3) is 5.91 Å². The third-order valence-corrected chi connectivity index (χ3v) is 5.76. The molecule has 4 nitrogen and oxygen atoms in total. The fourth-order valence-corrected chi connectivity index (χ4v) is 4.33. The Morgan fingerprint density at radius 2 is 1.90 bits per heavy atom. The van der Waals surface area contributed by atoms with Crippen LogP contribution in [0.5, 0.6) is 0 Å². The summed E-state index contributed by atoms with van der Waals surface area (Å²) >= 11 is 1.72. The van der Waals surface area contributed by atoms with Crippen LogP contribution in [0, 0.1) is 5.82 Å². The Balaban J connectivity index is 1.65. The van der Waals surface area contributed by atoms with E-state index in [1.807, 2.05) is 0 Å². The van der Waals surface area contributed by atoms with Crippen molar-refractivity contribution in [3.05, 3.63) is 59.5 Å². The molecule has 29 heavy (non-hydrogen) atoms. The van der Waals surface area contributed by atoms with E-state index in [0.717, 1.165) is 17.6 Å². The van der Waals surface area contributed by atoms with Gasteiger partial charge in [0.1, 0.15) is 5.82 Å². The minimum Gasteiger partial charge on any atom is -0.369 e. The predicted molar refractivity (Wildman–Crippen MR) is 108 cm³/mol. The predicted octanol–water partition coefficient (Wildman–Crippen LogP) is 4.80. The number of hydrogen-bond donors (Lipinski definition) is 2. The first-order valence-corrected chi connectivity index (χ1v) is 10.1. The lowest BCUT2D eigenvalue weighted by Crippen LogP contribution is -2.34. The first-order valence-electron chi connectivity index (χ1n) is 8.95. The van der Waals surface area contributed by atoms with E-state index in [1.165, 1.54) is 30.5 Å². The van der Waals surface area contributed by atoms with Crippen LogP contribution in [0.1, 0.15) is 11.1 Å². The van der Waals surface area contributed by atoms with E-state index in [2.05, 4.69) is 10.6 Å². The molecular formula is C20H17F4N3OS. The van der Waals surface area contributed by atoms with E-state index in [0.29, 0.717) is 18.8 Å². The van der Waals surface area contributed by atoms with Crippen molar-refractivity contribution in [2.75, 3.05) is 40.1 Å². The van der Waals surface area contributed by atoms with Crippen LogP contribution in [-0.2, 0) is 11.0 Å². The molecule has 2 aliphatic rings. The van der Waals surface area contributed by atoms with Gasteiger partial charge in [-0.05, 0) is 30.3 Å². The smallest absolute Gasteiger partial charge is 0.369 e. The molecule has 9 heteroatoms. The third-order valence-electron chi connectivity index (χ3n) is 4.81. The summed E-state index contributed by atoms with van der Waals surface area (Å²) in [7, 11) is 0. The molecule has 0 bridgehead atoms. The SMILES string of the molecule is O=C1Nc2cccc(F)c2/C1=C\Nc1ccc(N2CCSCC2)c(C(F)(F)F)c1. The van der Waals surface area contributed by atoms with Crippen molar-refractivity contribution in [2.45, 2.75) is 6.18 Å². The summed E-state index contributed by atoms with van der Waals surface area (Å²) in [4.78, 5) is 13.9. The van der Waals surface area contributed by atoms with Gasteiger partial charge in [-0.15, -0.1) is 0 Å². The normalized spacial score (nSPS) is 18.0. The summed E-state index contributed by atoms with van der Waals surface area (Å²) in [5.74, 6) is 0.465. The molecule has 0 aromatic heterocycles. The van der Waals surface area contributed by atoms with Crippen LogP contribution in [0.2, 0.25) is 0 Å². The van der Waals surface area contributed by atoms with Crippen molar-refractivity contribution in [3.63, 3.8) is 0 Å². The van der Waals surface area contributed by atoms with Gasteiger partial charge >= 0.3 is 6.18 Å². The van der Waals surface area contributed by atoms with Crippen LogP contribution in [0.3, 0.4) is 0 Å². The molecule has 2 N–H and O–H groups in total. The van der Waals surface area contributed by atoms with Crippen LogP contribution in [-0.4, -0.2) is 30.5 Å². The second-order valence-corrected chi connectivity index (χ2v) is 7.87. The van der Waals surface area contributed by atoms with Gasteiger partial charge in [-0.3, -0.25) is 4.79 Å². The molecule has 0 radical (unpaired) electrons. The van der Waals surface area contributed by atoms with E-state index in [4.69, 9.17) is 0 Å². The van der Waals surface area contributed by atoms with Crippen LogP contribution >= 0.6 is 11.8 Å². The van der Waals surface area contributed by atoms with Crippen LogP contribution in [0.4, 0.5) is 34.6 Å². The Morgan fingerprint density at radius 1 is 1.14 bits per heavy atom. The van der Waals surface area contributed by atoms with Crippen molar-refractivity contribution in [2.24, 2.45) is 0 Å².